The van der Waals surface area contributed by atoms with Gasteiger partial charge in [0.15, 0.2) is 0 Å². The minimum absolute atomic E-state index is 0.139. The Hall–Kier alpha value is -0.120. The predicted molar refractivity (Wildman–Crippen MR) is 37.9 cm³/mol. The lowest BCUT2D eigenvalue weighted by atomic mass is 10.1. The lowest BCUT2D eigenvalue weighted by Crippen LogP contribution is -2.35. The highest BCUT2D eigenvalue weighted by Gasteiger charge is 2.09. The van der Waals surface area contributed by atoms with Gasteiger partial charge in [0.2, 0.25) is 0 Å². The second-order valence-electron chi connectivity index (χ2n) is 2.22. The van der Waals surface area contributed by atoms with E-state index < -0.39 is 0 Å². The Bertz CT molecular complexity index is 68.1. The number of aliphatic hydroxyl groups excluding tert-OH is 1. The third-order valence-corrected chi connectivity index (χ3v) is 1.41. The third kappa shape index (κ3) is 3.46. The van der Waals surface area contributed by atoms with E-state index in [1.807, 2.05) is 6.92 Å². The van der Waals surface area contributed by atoms with E-state index >= 15 is 0 Å². The third-order valence-electron chi connectivity index (χ3n) is 1.41. The van der Waals surface area contributed by atoms with Gasteiger partial charge in [0.05, 0.1) is 6.10 Å². The zero-order chi connectivity index (χ0) is 7.28. The Labute approximate surface area is 56.0 Å². The highest BCUT2D eigenvalue weighted by Crippen LogP contribution is 1.97. The summed E-state index contributed by atoms with van der Waals surface area (Å²) in [5.41, 5.74) is 10.7. The molecular formula is C6H16N2O. The van der Waals surface area contributed by atoms with E-state index in [2.05, 4.69) is 0 Å². The fourth-order valence-corrected chi connectivity index (χ4v) is 0.688. The van der Waals surface area contributed by atoms with Gasteiger partial charge in [-0.15, -0.1) is 0 Å². The molecule has 0 aromatic carbocycles. The Morgan fingerprint density at radius 1 is 1.56 bits per heavy atom. The minimum Gasteiger partial charge on any atom is -0.392 e. The normalized spacial score (nSPS) is 17.3. The van der Waals surface area contributed by atoms with Gasteiger partial charge in [0.1, 0.15) is 0 Å². The molecule has 0 spiro atoms. The number of rotatable bonds is 4. The summed E-state index contributed by atoms with van der Waals surface area (Å²) in [6, 6.07) is -0.139. The van der Waals surface area contributed by atoms with Crippen molar-refractivity contribution in [2.75, 3.05) is 6.54 Å². The largest absolute Gasteiger partial charge is 0.392 e. The van der Waals surface area contributed by atoms with Crippen LogP contribution in [-0.4, -0.2) is 23.8 Å². The van der Waals surface area contributed by atoms with E-state index in [0.29, 0.717) is 19.4 Å². The van der Waals surface area contributed by atoms with Gasteiger partial charge in [-0.05, 0) is 19.4 Å². The molecule has 0 aromatic rings. The summed E-state index contributed by atoms with van der Waals surface area (Å²) < 4.78 is 0. The van der Waals surface area contributed by atoms with Gasteiger partial charge in [0.25, 0.3) is 0 Å². The van der Waals surface area contributed by atoms with Crippen LogP contribution in [0.2, 0.25) is 0 Å². The maximum atomic E-state index is 9.08. The van der Waals surface area contributed by atoms with Crippen molar-refractivity contribution in [1.29, 1.82) is 0 Å². The van der Waals surface area contributed by atoms with Gasteiger partial charge in [-0.3, -0.25) is 0 Å². The molecule has 2 unspecified atom stereocenters. The van der Waals surface area contributed by atoms with Crippen LogP contribution in [-0.2, 0) is 0 Å². The predicted octanol–water partition coefficient (Wildman–Crippen LogP) is -0.567. The molecule has 0 heterocycles. The van der Waals surface area contributed by atoms with Crippen LogP contribution in [0.4, 0.5) is 0 Å². The molecule has 0 aliphatic heterocycles. The summed E-state index contributed by atoms with van der Waals surface area (Å²) >= 11 is 0. The zero-order valence-corrected chi connectivity index (χ0v) is 5.88. The monoisotopic (exact) mass is 132 g/mol. The first-order valence-corrected chi connectivity index (χ1v) is 3.36. The Morgan fingerprint density at radius 3 is 2.44 bits per heavy atom. The molecule has 9 heavy (non-hydrogen) atoms. The van der Waals surface area contributed by atoms with Gasteiger partial charge in [-0.2, -0.15) is 0 Å². The van der Waals surface area contributed by atoms with E-state index in [-0.39, 0.29) is 12.1 Å². The van der Waals surface area contributed by atoms with E-state index in [1.165, 1.54) is 0 Å². The van der Waals surface area contributed by atoms with Crippen molar-refractivity contribution < 1.29 is 5.11 Å². The molecule has 0 amide bonds. The molecule has 0 radical (unpaired) electrons. The molecule has 0 bridgehead atoms. The summed E-state index contributed by atoms with van der Waals surface area (Å²) in [6.45, 7) is 2.46. The van der Waals surface area contributed by atoms with Crippen LogP contribution in [0.1, 0.15) is 19.8 Å². The standard InChI is InChI=1S/C6H16N2O/c1-2-6(9)5(8)3-4-7/h5-6,9H,2-4,7-8H2,1H3. The van der Waals surface area contributed by atoms with E-state index in [9.17, 15) is 0 Å². The summed E-state index contributed by atoms with van der Waals surface area (Å²) in [5.74, 6) is 0. The molecular weight excluding hydrogens is 116 g/mol. The minimum atomic E-state index is -0.381. The molecule has 0 aliphatic rings. The number of nitrogens with two attached hydrogens (primary N) is 2. The molecule has 3 heteroatoms. The van der Waals surface area contributed by atoms with Gasteiger partial charge < -0.3 is 16.6 Å². The highest BCUT2D eigenvalue weighted by molar-refractivity contribution is 4.69. The van der Waals surface area contributed by atoms with Gasteiger partial charge >= 0.3 is 0 Å². The molecule has 0 fully saturated rings. The average molecular weight is 132 g/mol. The Balaban J connectivity index is 3.32. The number of aliphatic hydroxyl groups is 1. The second kappa shape index (κ2) is 4.73. The van der Waals surface area contributed by atoms with E-state index in [0.717, 1.165) is 0 Å². The summed E-state index contributed by atoms with van der Waals surface area (Å²) in [4.78, 5) is 0. The van der Waals surface area contributed by atoms with Gasteiger partial charge in [-0.1, -0.05) is 6.92 Å². The fourth-order valence-electron chi connectivity index (χ4n) is 0.688. The maximum Gasteiger partial charge on any atom is 0.0688 e. The average Bonchev–Trinajstić information content (AvgIpc) is 1.87. The molecule has 2 atom stereocenters. The van der Waals surface area contributed by atoms with Crippen molar-refractivity contribution in [3.63, 3.8) is 0 Å². The van der Waals surface area contributed by atoms with Crippen molar-refractivity contribution in [2.24, 2.45) is 11.5 Å². The van der Waals surface area contributed by atoms with Crippen LogP contribution < -0.4 is 11.5 Å². The van der Waals surface area contributed by atoms with Crippen LogP contribution in [0.3, 0.4) is 0 Å². The van der Waals surface area contributed by atoms with Gasteiger partial charge in [-0.25, -0.2) is 0 Å². The lowest BCUT2D eigenvalue weighted by molar-refractivity contribution is 0.137. The Morgan fingerprint density at radius 2 is 2.11 bits per heavy atom. The van der Waals surface area contributed by atoms with Crippen molar-refractivity contribution in [1.82, 2.24) is 0 Å². The van der Waals surface area contributed by atoms with Crippen molar-refractivity contribution in [3.8, 4) is 0 Å². The van der Waals surface area contributed by atoms with Crippen LogP contribution in [0.25, 0.3) is 0 Å². The maximum absolute atomic E-state index is 9.08. The van der Waals surface area contributed by atoms with E-state index in [1.54, 1.807) is 0 Å². The molecule has 0 saturated carbocycles. The second-order valence-corrected chi connectivity index (χ2v) is 2.22. The van der Waals surface area contributed by atoms with Crippen molar-refractivity contribution in [3.05, 3.63) is 0 Å². The first-order chi connectivity index (χ1) is 4.22. The first kappa shape index (κ1) is 8.88. The molecule has 5 N–H and O–H groups in total. The first-order valence-electron chi connectivity index (χ1n) is 3.36. The Kier molecular flexibility index (Phi) is 4.67. The number of hydrogen-bond donors (Lipinski definition) is 3. The van der Waals surface area contributed by atoms with Crippen molar-refractivity contribution in [2.45, 2.75) is 31.9 Å². The topological polar surface area (TPSA) is 72.3 Å². The molecule has 0 aliphatic carbocycles. The SMILES string of the molecule is CCC(O)C(N)CCN. The molecule has 3 nitrogen and oxygen atoms in total. The lowest BCUT2D eigenvalue weighted by Gasteiger charge is -2.15. The molecule has 0 rings (SSSR count). The van der Waals surface area contributed by atoms with Crippen LogP contribution >= 0.6 is 0 Å². The van der Waals surface area contributed by atoms with Crippen LogP contribution in [0, 0.1) is 0 Å². The van der Waals surface area contributed by atoms with Crippen molar-refractivity contribution >= 4 is 0 Å². The zero-order valence-electron chi connectivity index (χ0n) is 5.88. The van der Waals surface area contributed by atoms with Gasteiger partial charge in [0, 0.05) is 6.04 Å². The quantitative estimate of drug-likeness (QED) is 0.480. The molecule has 0 aromatic heterocycles. The smallest absolute Gasteiger partial charge is 0.0688 e. The summed E-state index contributed by atoms with van der Waals surface area (Å²) in [6.07, 6.45) is 1.03. The molecule has 0 saturated heterocycles. The van der Waals surface area contributed by atoms with Crippen LogP contribution in [0.15, 0.2) is 0 Å². The highest BCUT2D eigenvalue weighted by atomic mass is 16.3. The van der Waals surface area contributed by atoms with Crippen LogP contribution in [0.5, 0.6) is 0 Å². The van der Waals surface area contributed by atoms with E-state index in [4.69, 9.17) is 16.6 Å². The number of hydrogen-bond acceptors (Lipinski definition) is 3. The molecule has 56 valence electrons. The summed E-state index contributed by atoms with van der Waals surface area (Å²) in [7, 11) is 0. The summed E-state index contributed by atoms with van der Waals surface area (Å²) in [5, 5.41) is 9.08. The fraction of sp³-hybridized carbons (Fsp3) is 1.00.